The molecule has 0 aromatic carbocycles. The van der Waals surface area contributed by atoms with Gasteiger partial charge in [0.2, 0.25) is 0 Å². The van der Waals surface area contributed by atoms with E-state index in [2.05, 4.69) is 24.0 Å². The van der Waals surface area contributed by atoms with Crippen molar-refractivity contribution >= 4 is 28.2 Å². The minimum atomic E-state index is -0.0359. The van der Waals surface area contributed by atoms with Gasteiger partial charge in [0.05, 0.1) is 0 Å². The Labute approximate surface area is 130 Å². The Morgan fingerprint density at radius 2 is 1.90 bits per heavy atom. The first-order valence-electron chi connectivity index (χ1n) is 7.13. The lowest BCUT2D eigenvalue weighted by molar-refractivity contribution is 0.0255. The van der Waals surface area contributed by atoms with Gasteiger partial charge in [0, 0.05) is 33.2 Å². The number of anilines is 2. The van der Waals surface area contributed by atoms with Crippen molar-refractivity contribution in [3.05, 3.63) is 4.88 Å². The van der Waals surface area contributed by atoms with Crippen LogP contribution in [-0.4, -0.2) is 68.0 Å². The highest BCUT2D eigenvalue weighted by atomic mass is 32.1. The van der Waals surface area contributed by atoms with Gasteiger partial charge in [0.1, 0.15) is 10.7 Å². The maximum atomic E-state index is 12.6. The van der Waals surface area contributed by atoms with Crippen molar-refractivity contribution < 1.29 is 4.79 Å². The van der Waals surface area contributed by atoms with Crippen molar-refractivity contribution in [2.75, 3.05) is 52.4 Å². The summed E-state index contributed by atoms with van der Waals surface area (Å²) in [7, 11) is 9.81. The summed E-state index contributed by atoms with van der Waals surface area (Å²) in [5.41, 5.74) is 6.02. The fourth-order valence-corrected chi connectivity index (χ4v) is 3.59. The van der Waals surface area contributed by atoms with Crippen molar-refractivity contribution in [2.24, 2.45) is 0 Å². The minimum absolute atomic E-state index is 0.0359. The Kier molecular flexibility index (Phi) is 4.43. The topological polar surface area (TPSA) is 65.7 Å². The number of nitrogen functional groups attached to an aromatic ring is 1. The zero-order chi connectivity index (χ0) is 15.8. The van der Waals surface area contributed by atoms with Gasteiger partial charge >= 0.3 is 0 Å². The van der Waals surface area contributed by atoms with Crippen LogP contribution in [0.15, 0.2) is 0 Å². The molecule has 1 fully saturated rings. The molecular formula is C14H25N5OS. The van der Waals surface area contributed by atoms with Crippen LogP contribution in [-0.2, 0) is 0 Å². The number of amides is 1. The SMILES string of the molecule is CN(CC1(N(C)C)CCC1)C(=O)c1sc(N(C)C)nc1N. The predicted octanol–water partition coefficient (Wildman–Crippen LogP) is 1.35. The molecule has 7 heteroatoms. The van der Waals surface area contributed by atoms with Gasteiger partial charge in [-0.15, -0.1) is 0 Å². The largest absolute Gasteiger partial charge is 0.382 e. The van der Waals surface area contributed by atoms with E-state index in [-0.39, 0.29) is 11.4 Å². The van der Waals surface area contributed by atoms with Crippen LogP contribution in [0, 0.1) is 0 Å². The Morgan fingerprint density at radius 1 is 1.29 bits per heavy atom. The van der Waals surface area contributed by atoms with E-state index >= 15 is 0 Å². The quantitative estimate of drug-likeness (QED) is 0.889. The van der Waals surface area contributed by atoms with E-state index in [4.69, 9.17) is 5.73 Å². The van der Waals surface area contributed by atoms with Gasteiger partial charge in [-0.25, -0.2) is 4.98 Å². The van der Waals surface area contributed by atoms with Crippen LogP contribution in [0.3, 0.4) is 0 Å². The molecule has 21 heavy (non-hydrogen) atoms. The lowest BCUT2D eigenvalue weighted by atomic mass is 9.75. The average Bonchev–Trinajstić information content (AvgIpc) is 2.74. The molecule has 1 aliphatic carbocycles. The summed E-state index contributed by atoms with van der Waals surface area (Å²) in [5, 5.41) is 0.759. The lowest BCUT2D eigenvalue weighted by Gasteiger charge is -2.49. The normalized spacial score (nSPS) is 16.7. The molecule has 1 saturated carbocycles. The zero-order valence-electron chi connectivity index (χ0n) is 13.5. The van der Waals surface area contributed by atoms with E-state index in [9.17, 15) is 4.79 Å². The van der Waals surface area contributed by atoms with Crippen LogP contribution in [0.2, 0.25) is 0 Å². The molecule has 0 bridgehead atoms. The van der Waals surface area contributed by atoms with Crippen molar-refractivity contribution in [3.63, 3.8) is 0 Å². The number of hydrogen-bond donors (Lipinski definition) is 1. The molecule has 0 unspecified atom stereocenters. The molecule has 0 spiro atoms. The van der Waals surface area contributed by atoms with E-state index in [1.54, 1.807) is 4.90 Å². The number of likely N-dealkylation sites (N-methyl/N-ethyl adjacent to an activating group) is 2. The Hall–Kier alpha value is -1.34. The molecule has 2 rings (SSSR count). The van der Waals surface area contributed by atoms with Crippen LogP contribution in [0.5, 0.6) is 0 Å². The zero-order valence-corrected chi connectivity index (χ0v) is 14.3. The van der Waals surface area contributed by atoms with E-state index in [1.807, 2.05) is 26.0 Å². The van der Waals surface area contributed by atoms with E-state index in [0.29, 0.717) is 10.7 Å². The number of nitrogens with two attached hydrogens (primary N) is 1. The Bertz CT molecular complexity index is 521. The van der Waals surface area contributed by atoms with Crippen molar-refractivity contribution in [1.29, 1.82) is 0 Å². The van der Waals surface area contributed by atoms with Gasteiger partial charge in [-0.1, -0.05) is 11.3 Å². The summed E-state index contributed by atoms with van der Waals surface area (Å²) in [6.07, 6.45) is 3.51. The fraction of sp³-hybridized carbons (Fsp3) is 0.714. The predicted molar refractivity (Wildman–Crippen MR) is 88.1 cm³/mol. The highest BCUT2D eigenvalue weighted by Gasteiger charge is 2.41. The number of rotatable bonds is 5. The molecule has 0 aliphatic heterocycles. The molecule has 2 N–H and O–H groups in total. The molecule has 1 aromatic heterocycles. The summed E-state index contributed by atoms with van der Waals surface area (Å²) in [6.45, 7) is 0.730. The molecule has 1 aromatic rings. The van der Waals surface area contributed by atoms with Gasteiger partial charge in [-0.05, 0) is 33.4 Å². The molecule has 0 atom stereocenters. The third kappa shape index (κ3) is 2.98. The highest BCUT2D eigenvalue weighted by Crippen LogP contribution is 2.37. The van der Waals surface area contributed by atoms with E-state index in [0.717, 1.165) is 24.5 Å². The lowest BCUT2D eigenvalue weighted by Crippen LogP contribution is -2.57. The Morgan fingerprint density at radius 3 is 2.29 bits per heavy atom. The average molecular weight is 311 g/mol. The van der Waals surface area contributed by atoms with Crippen LogP contribution < -0.4 is 10.6 Å². The maximum Gasteiger partial charge on any atom is 0.267 e. The van der Waals surface area contributed by atoms with Crippen LogP contribution >= 0.6 is 11.3 Å². The molecule has 118 valence electrons. The minimum Gasteiger partial charge on any atom is -0.382 e. The number of nitrogens with zero attached hydrogens (tertiary/aromatic N) is 4. The first-order valence-corrected chi connectivity index (χ1v) is 7.95. The number of aromatic nitrogens is 1. The standard InChI is InChI=1S/C14H25N5OS/c1-17(2)13-16-11(15)10(21-13)12(20)19(5)9-14(18(3)4)7-6-8-14/h6-9,15H2,1-5H3. The summed E-state index contributed by atoms with van der Waals surface area (Å²) in [6, 6.07) is 0. The summed E-state index contributed by atoms with van der Waals surface area (Å²) in [4.78, 5) is 23.3. The summed E-state index contributed by atoms with van der Waals surface area (Å²) >= 11 is 1.35. The van der Waals surface area contributed by atoms with Crippen LogP contribution in [0.1, 0.15) is 28.9 Å². The number of carbonyl (C=O) groups is 1. The Balaban J connectivity index is 2.12. The molecule has 1 amide bonds. The van der Waals surface area contributed by atoms with Crippen molar-refractivity contribution in [2.45, 2.75) is 24.8 Å². The van der Waals surface area contributed by atoms with Gasteiger partial charge in [0.25, 0.3) is 5.91 Å². The van der Waals surface area contributed by atoms with Gasteiger partial charge in [0.15, 0.2) is 5.13 Å². The highest BCUT2D eigenvalue weighted by molar-refractivity contribution is 7.18. The third-order valence-electron chi connectivity index (χ3n) is 4.33. The van der Waals surface area contributed by atoms with Crippen molar-refractivity contribution in [3.8, 4) is 0 Å². The maximum absolute atomic E-state index is 12.6. The monoisotopic (exact) mass is 311 g/mol. The van der Waals surface area contributed by atoms with Crippen LogP contribution in [0.25, 0.3) is 0 Å². The molecule has 1 heterocycles. The third-order valence-corrected chi connectivity index (χ3v) is 5.56. The molecule has 0 saturated heterocycles. The number of carbonyl (C=O) groups excluding carboxylic acids is 1. The van der Waals surface area contributed by atoms with E-state index < -0.39 is 0 Å². The molecule has 0 radical (unpaired) electrons. The van der Waals surface area contributed by atoms with E-state index in [1.165, 1.54) is 17.8 Å². The van der Waals surface area contributed by atoms with Gasteiger partial charge in [-0.2, -0.15) is 0 Å². The number of thiazole rings is 1. The van der Waals surface area contributed by atoms with Crippen molar-refractivity contribution in [1.82, 2.24) is 14.8 Å². The first kappa shape index (κ1) is 16.0. The molecule has 6 nitrogen and oxygen atoms in total. The second-order valence-corrected chi connectivity index (χ2v) is 7.22. The van der Waals surface area contributed by atoms with Crippen LogP contribution in [0.4, 0.5) is 10.9 Å². The summed E-state index contributed by atoms with van der Waals surface area (Å²) in [5.74, 6) is 0.291. The number of hydrogen-bond acceptors (Lipinski definition) is 6. The molecular weight excluding hydrogens is 286 g/mol. The molecule has 1 aliphatic rings. The fourth-order valence-electron chi connectivity index (χ4n) is 2.68. The first-order chi connectivity index (χ1) is 9.77. The second kappa shape index (κ2) is 5.81. The smallest absolute Gasteiger partial charge is 0.267 e. The van der Waals surface area contributed by atoms with Gasteiger partial charge in [-0.3, -0.25) is 4.79 Å². The van der Waals surface area contributed by atoms with Gasteiger partial charge < -0.3 is 20.4 Å². The second-order valence-electron chi connectivity index (χ2n) is 6.24. The summed E-state index contributed by atoms with van der Waals surface area (Å²) < 4.78 is 0.